The molecule has 0 atom stereocenters. The van der Waals surface area contributed by atoms with Crippen LogP contribution in [0, 0.1) is 0 Å². The van der Waals surface area contributed by atoms with E-state index in [4.69, 9.17) is 9.47 Å². The van der Waals surface area contributed by atoms with Crippen LogP contribution in [-0.2, 0) is 4.74 Å². The summed E-state index contributed by atoms with van der Waals surface area (Å²) >= 11 is 0. The Kier molecular flexibility index (Phi) is 9.99. The Bertz CT molecular complexity index is 485. The molecule has 1 fully saturated rings. The predicted octanol–water partition coefficient (Wildman–Crippen LogP) is 5.81. The van der Waals surface area contributed by atoms with Gasteiger partial charge in [0.15, 0.2) is 0 Å². The van der Waals surface area contributed by atoms with Crippen molar-refractivity contribution in [3.63, 3.8) is 0 Å². The van der Waals surface area contributed by atoms with Gasteiger partial charge < -0.3 is 14.4 Å². The summed E-state index contributed by atoms with van der Waals surface area (Å²) in [6, 6.07) is 9.76. The zero-order valence-corrected chi connectivity index (χ0v) is 16.3. The average Bonchev–Trinajstić information content (AvgIpc) is 3.17. The van der Waals surface area contributed by atoms with Gasteiger partial charge in [-0.1, -0.05) is 57.2 Å². The van der Waals surface area contributed by atoms with E-state index >= 15 is 0 Å². The zero-order valence-electron chi connectivity index (χ0n) is 16.3. The minimum atomic E-state index is -0.165. The second kappa shape index (κ2) is 12.6. The molecule has 0 bridgehead atoms. The second-order valence-electron chi connectivity index (χ2n) is 7.21. The van der Waals surface area contributed by atoms with Crippen molar-refractivity contribution < 1.29 is 14.3 Å². The summed E-state index contributed by atoms with van der Waals surface area (Å²) in [4.78, 5) is 14.4. The molecule has 0 saturated heterocycles. The fourth-order valence-electron chi connectivity index (χ4n) is 3.39. The van der Waals surface area contributed by atoms with Crippen molar-refractivity contribution in [1.29, 1.82) is 0 Å². The third-order valence-corrected chi connectivity index (χ3v) is 4.98. The summed E-state index contributed by atoms with van der Waals surface area (Å²) < 4.78 is 11.5. The lowest BCUT2D eigenvalue weighted by Gasteiger charge is -2.24. The number of carbonyl (C=O) groups excluding carboxylic acids is 1. The summed E-state index contributed by atoms with van der Waals surface area (Å²) in [6.07, 6.45) is 11.6. The van der Waals surface area contributed by atoms with Crippen molar-refractivity contribution >= 4 is 6.09 Å². The molecule has 26 heavy (non-hydrogen) atoms. The van der Waals surface area contributed by atoms with E-state index < -0.39 is 0 Å². The molecule has 0 spiro atoms. The largest absolute Gasteiger partial charge is 0.492 e. The van der Waals surface area contributed by atoms with Crippen molar-refractivity contribution in [1.82, 2.24) is 4.90 Å². The van der Waals surface area contributed by atoms with E-state index in [1.807, 2.05) is 35.2 Å². The lowest BCUT2D eigenvalue weighted by atomic mass is 10.1. The quantitative estimate of drug-likeness (QED) is 0.441. The molecule has 1 saturated carbocycles. The summed E-state index contributed by atoms with van der Waals surface area (Å²) in [5.74, 6) is 0.844. The number of hydrogen-bond acceptors (Lipinski definition) is 3. The Morgan fingerprint density at radius 3 is 2.42 bits per heavy atom. The monoisotopic (exact) mass is 361 g/mol. The van der Waals surface area contributed by atoms with E-state index in [0.717, 1.165) is 31.6 Å². The first-order valence-corrected chi connectivity index (χ1v) is 10.4. The molecule has 0 N–H and O–H groups in total. The van der Waals surface area contributed by atoms with Crippen LogP contribution in [0.2, 0.25) is 0 Å². The van der Waals surface area contributed by atoms with Gasteiger partial charge in [0.2, 0.25) is 0 Å². The maximum absolute atomic E-state index is 12.6. The summed E-state index contributed by atoms with van der Waals surface area (Å²) in [7, 11) is 0. The van der Waals surface area contributed by atoms with E-state index in [2.05, 4.69) is 6.92 Å². The molecule has 0 heterocycles. The van der Waals surface area contributed by atoms with E-state index in [1.54, 1.807) is 0 Å². The third kappa shape index (κ3) is 8.11. The van der Waals surface area contributed by atoms with Crippen LogP contribution in [0.25, 0.3) is 0 Å². The Balaban J connectivity index is 1.74. The summed E-state index contributed by atoms with van der Waals surface area (Å²) in [5.41, 5.74) is 0. The van der Waals surface area contributed by atoms with Gasteiger partial charge in [0.25, 0.3) is 0 Å². The highest BCUT2D eigenvalue weighted by Gasteiger charge is 2.22. The van der Waals surface area contributed by atoms with Gasteiger partial charge in [0.05, 0.1) is 6.54 Å². The van der Waals surface area contributed by atoms with Crippen molar-refractivity contribution in [3.05, 3.63) is 30.3 Å². The molecule has 1 aromatic carbocycles. The zero-order chi connectivity index (χ0) is 18.5. The van der Waals surface area contributed by atoms with Gasteiger partial charge in [0, 0.05) is 6.54 Å². The standard InChI is InChI=1S/C22H35NO3/c1-2-3-4-5-6-12-17-23(22(24)26-21-15-10-11-16-21)18-19-25-20-13-8-7-9-14-20/h7-9,13-14,21H,2-6,10-12,15-19H2,1H3. The molecule has 1 aromatic rings. The van der Waals surface area contributed by atoms with Crippen LogP contribution in [0.1, 0.15) is 71.1 Å². The molecule has 0 radical (unpaired) electrons. The smallest absolute Gasteiger partial charge is 0.410 e. The van der Waals surface area contributed by atoms with E-state index in [1.165, 1.54) is 44.9 Å². The van der Waals surface area contributed by atoms with Crippen LogP contribution in [-0.4, -0.2) is 36.8 Å². The normalized spacial score (nSPS) is 14.3. The first-order valence-electron chi connectivity index (χ1n) is 10.4. The highest BCUT2D eigenvalue weighted by atomic mass is 16.6. The maximum Gasteiger partial charge on any atom is 0.410 e. The lowest BCUT2D eigenvalue weighted by Crippen LogP contribution is -2.37. The number of amides is 1. The van der Waals surface area contributed by atoms with Crippen LogP contribution >= 0.6 is 0 Å². The van der Waals surface area contributed by atoms with Crippen molar-refractivity contribution in [2.45, 2.75) is 77.2 Å². The third-order valence-electron chi connectivity index (χ3n) is 4.98. The molecule has 1 aliphatic rings. The Morgan fingerprint density at radius 1 is 1.00 bits per heavy atom. The van der Waals surface area contributed by atoms with Crippen LogP contribution in [0.3, 0.4) is 0 Å². The number of para-hydroxylation sites is 1. The molecule has 4 heteroatoms. The maximum atomic E-state index is 12.6. The highest BCUT2D eigenvalue weighted by Crippen LogP contribution is 2.22. The Hall–Kier alpha value is -1.71. The number of benzene rings is 1. The number of unbranched alkanes of at least 4 members (excludes halogenated alkanes) is 5. The van der Waals surface area contributed by atoms with Gasteiger partial charge in [-0.2, -0.15) is 0 Å². The second-order valence-corrected chi connectivity index (χ2v) is 7.21. The first-order chi connectivity index (χ1) is 12.8. The number of rotatable bonds is 12. The van der Waals surface area contributed by atoms with Crippen LogP contribution in [0.4, 0.5) is 4.79 Å². The van der Waals surface area contributed by atoms with Crippen molar-refractivity contribution in [2.75, 3.05) is 19.7 Å². The van der Waals surface area contributed by atoms with Gasteiger partial charge in [-0.25, -0.2) is 4.79 Å². The van der Waals surface area contributed by atoms with E-state index in [9.17, 15) is 4.79 Å². The molecule has 4 nitrogen and oxygen atoms in total. The highest BCUT2D eigenvalue weighted by molar-refractivity contribution is 5.67. The van der Waals surface area contributed by atoms with Crippen LogP contribution in [0.5, 0.6) is 5.75 Å². The van der Waals surface area contributed by atoms with Crippen molar-refractivity contribution in [2.24, 2.45) is 0 Å². The molecular weight excluding hydrogens is 326 g/mol. The van der Waals surface area contributed by atoms with E-state index in [-0.39, 0.29) is 12.2 Å². The molecule has 1 amide bonds. The molecule has 0 aromatic heterocycles. The fourth-order valence-corrected chi connectivity index (χ4v) is 3.39. The average molecular weight is 362 g/mol. The number of nitrogens with zero attached hydrogens (tertiary/aromatic N) is 1. The van der Waals surface area contributed by atoms with E-state index in [0.29, 0.717) is 13.2 Å². The van der Waals surface area contributed by atoms with Gasteiger partial charge in [0.1, 0.15) is 18.5 Å². The first kappa shape index (κ1) is 20.6. The van der Waals surface area contributed by atoms with Crippen LogP contribution < -0.4 is 4.74 Å². The molecule has 146 valence electrons. The van der Waals surface area contributed by atoms with Gasteiger partial charge >= 0.3 is 6.09 Å². The molecule has 0 unspecified atom stereocenters. The topological polar surface area (TPSA) is 38.8 Å². The minimum Gasteiger partial charge on any atom is -0.492 e. The molecular formula is C22H35NO3. The molecule has 1 aliphatic carbocycles. The number of ether oxygens (including phenoxy) is 2. The SMILES string of the molecule is CCCCCCCCN(CCOc1ccccc1)C(=O)OC1CCCC1. The Morgan fingerprint density at radius 2 is 1.69 bits per heavy atom. The Labute approximate surface area is 158 Å². The van der Waals surface area contributed by atoms with Gasteiger partial charge in [-0.05, 0) is 44.2 Å². The minimum absolute atomic E-state index is 0.115. The van der Waals surface area contributed by atoms with Gasteiger partial charge in [-0.15, -0.1) is 0 Å². The van der Waals surface area contributed by atoms with Gasteiger partial charge in [-0.3, -0.25) is 0 Å². The van der Waals surface area contributed by atoms with Crippen LogP contribution in [0.15, 0.2) is 30.3 Å². The number of hydrogen-bond donors (Lipinski definition) is 0. The summed E-state index contributed by atoms with van der Waals surface area (Å²) in [5, 5.41) is 0. The number of carbonyl (C=O) groups is 1. The summed E-state index contributed by atoms with van der Waals surface area (Å²) in [6.45, 7) is 4.07. The van der Waals surface area contributed by atoms with Crippen molar-refractivity contribution in [3.8, 4) is 5.75 Å². The lowest BCUT2D eigenvalue weighted by molar-refractivity contribution is 0.0609. The molecule has 0 aliphatic heterocycles. The fraction of sp³-hybridized carbons (Fsp3) is 0.682. The predicted molar refractivity (Wildman–Crippen MR) is 106 cm³/mol. The molecule has 2 rings (SSSR count).